The normalized spacial score (nSPS) is 11.9. The van der Waals surface area contributed by atoms with E-state index in [9.17, 15) is 12.8 Å². The Morgan fingerprint density at radius 3 is 2.71 bits per heavy atom. The second-order valence-corrected chi connectivity index (χ2v) is 9.90. The molecule has 0 spiro atoms. The Morgan fingerprint density at radius 2 is 2.00 bits per heavy atom. The number of pyridine rings is 1. The van der Waals surface area contributed by atoms with Crippen molar-refractivity contribution in [1.29, 1.82) is 0 Å². The lowest BCUT2D eigenvalue weighted by Gasteiger charge is -2.20. The molecule has 0 bridgehead atoms. The first-order chi connectivity index (χ1) is 16.1. The number of likely N-dealkylation sites (N-methyl/N-ethyl adjacent to an activating group) is 1. The number of halogens is 2. The van der Waals surface area contributed by atoms with Gasteiger partial charge in [-0.2, -0.15) is 0 Å². The van der Waals surface area contributed by atoms with Gasteiger partial charge in [0.1, 0.15) is 23.7 Å². The van der Waals surface area contributed by atoms with Crippen molar-refractivity contribution in [3.63, 3.8) is 0 Å². The van der Waals surface area contributed by atoms with Gasteiger partial charge in [0.2, 0.25) is 10.0 Å². The Bertz CT molecular complexity index is 1230. The number of aromatic nitrogens is 4. The molecule has 2 heterocycles. The molecule has 3 rings (SSSR count). The summed E-state index contributed by atoms with van der Waals surface area (Å²) in [5.74, 6) is -1.68. The number of hydrogen-bond donors (Lipinski definition) is 1. The highest BCUT2D eigenvalue weighted by Crippen LogP contribution is 2.27. The first-order valence-corrected chi connectivity index (χ1v) is 12.5. The van der Waals surface area contributed by atoms with Gasteiger partial charge in [0.15, 0.2) is 11.6 Å². The highest BCUT2D eigenvalue weighted by atomic mass is 32.2. The quantitative estimate of drug-likeness (QED) is 0.435. The minimum atomic E-state index is -3.76. The van der Waals surface area contributed by atoms with Gasteiger partial charge >= 0.3 is 0 Å². The Labute approximate surface area is 197 Å². The van der Waals surface area contributed by atoms with Crippen LogP contribution in [0.2, 0.25) is 0 Å². The van der Waals surface area contributed by atoms with Crippen LogP contribution in [0.4, 0.5) is 14.5 Å². The maximum absolute atomic E-state index is 15.0. The maximum Gasteiger partial charge on any atom is 0.232 e. The molecule has 0 saturated heterocycles. The van der Waals surface area contributed by atoms with Gasteiger partial charge in [-0.15, -0.1) is 5.10 Å². The lowest BCUT2D eigenvalue weighted by Crippen LogP contribution is -2.30. The van der Waals surface area contributed by atoms with E-state index in [0.29, 0.717) is 36.1 Å². The molecule has 0 aliphatic heterocycles. The average Bonchev–Trinajstić information content (AvgIpc) is 3.25. The molecule has 3 aromatic rings. The van der Waals surface area contributed by atoms with Crippen molar-refractivity contribution < 1.29 is 21.9 Å². The van der Waals surface area contributed by atoms with E-state index in [-0.39, 0.29) is 11.4 Å². The standard InChI is InChI=1S/C22H28F2N6O3S/c1-5-10-34(31,32)27-19-7-6-18(23)22(21(19)24)30-14-20(26-28-30)16-11-17(13-25-12-16)33-9-8-29(4)15(2)3/h6-7,11-15,27H,5,8-10H2,1-4H3. The lowest BCUT2D eigenvalue weighted by molar-refractivity contribution is 0.208. The predicted molar refractivity (Wildman–Crippen MR) is 125 cm³/mol. The molecule has 12 heteroatoms. The molecule has 1 N–H and O–H groups in total. The van der Waals surface area contributed by atoms with Gasteiger partial charge in [-0.3, -0.25) is 9.71 Å². The molecule has 0 fully saturated rings. The van der Waals surface area contributed by atoms with Crippen LogP contribution < -0.4 is 9.46 Å². The number of ether oxygens (including phenoxy) is 1. The summed E-state index contributed by atoms with van der Waals surface area (Å²) in [6.07, 6.45) is 4.78. The van der Waals surface area contributed by atoms with Crippen molar-refractivity contribution in [2.75, 3.05) is 30.7 Å². The summed E-state index contributed by atoms with van der Waals surface area (Å²) in [6.45, 7) is 7.06. The smallest absolute Gasteiger partial charge is 0.232 e. The lowest BCUT2D eigenvalue weighted by atomic mass is 10.2. The van der Waals surface area contributed by atoms with Gasteiger partial charge in [-0.25, -0.2) is 21.9 Å². The second-order valence-electron chi connectivity index (χ2n) is 8.06. The molecule has 0 atom stereocenters. The molecule has 9 nitrogen and oxygen atoms in total. The summed E-state index contributed by atoms with van der Waals surface area (Å²) in [5.41, 5.74) is -0.0625. The first-order valence-electron chi connectivity index (χ1n) is 10.8. The van der Waals surface area contributed by atoms with Crippen LogP contribution in [0.25, 0.3) is 16.9 Å². The van der Waals surface area contributed by atoms with E-state index in [1.807, 2.05) is 7.05 Å². The van der Waals surface area contributed by atoms with Crippen LogP contribution in [0.1, 0.15) is 27.2 Å². The number of benzene rings is 1. The van der Waals surface area contributed by atoms with E-state index in [1.54, 1.807) is 19.2 Å². The van der Waals surface area contributed by atoms with E-state index in [4.69, 9.17) is 4.74 Å². The summed E-state index contributed by atoms with van der Waals surface area (Å²) >= 11 is 0. The summed E-state index contributed by atoms with van der Waals surface area (Å²) in [6, 6.07) is 4.09. The Kier molecular flexibility index (Phi) is 8.15. The SMILES string of the molecule is CCCS(=O)(=O)Nc1ccc(F)c(-n2cc(-c3cncc(OCCN(C)C(C)C)c3)nn2)c1F. The fourth-order valence-electron chi connectivity index (χ4n) is 3.03. The highest BCUT2D eigenvalue weighted by molar-refractivity contribution is 7.92. The minimum absolute atomic E-state index is 0.189. The third-order valence-electron chi connectivity index (χ3n) is 5.13. The molecular formula is C22H28F2N6O3S. The van der Waals surface area contributed by atoms with E-state index in [1.165, 1.54) is 12.4 Å². The topological polar surface area (TPSA) is 102 Å². The molecule has 0 unspecified atom stereocenters. The number of nitrogens with one attached hydrogen (secondary N) is 1. The zero-order valence-electron chi connectivity index (χ0n) is 19.5. The van der Waals surface area contributed by atoms with Crippen molar-refractivity contribution in [2.24, 2.45) is 0 Å². The van der Waals surface area contributed by atoms with Crippen LogP contribution in [-0.2, 0) is 10.0 Å². The largest absolute Gasteiger partial charge is 0.491 e. The molecule has 0 saturated carbocycles. The molecule has 0 radical (unpaired) electrons. The van der Waals surface area contributed by atoms with Crippen LogP contribution in [0, 0.1) is 11.6 Å². The molecular weight excluding hydrogens is 466 g/mol. The molecule has 2 aromatic heterocycles. The third kappa shape index (κ3) is 6.26. The summed E-state index contributed by atoms with van der Waals surface area (Å²) in [5, 5.41) is 7.82. The Balaban J connectivity index is 1.82. The van der Waals surface area contributed by atoms with Crippen molar-refractivity contribution >= 4 is 15.7 Å². The van der Waals surface area contributed by atoms with Gasteiger partial charge in [0.05, 0.1) is 23.8 Å². The van der Waals surface area contributed by atoms with Crippen LogP contribution in [0.5, 0.6) is 5.75 Å². The zero-order chi connectivity index (χ0) is 24.9. The molecule has 0 aliphatic rings. The summed E-state index contributed by atoms with van der Waals surface area (Å²) < 4.78 is 62.4. The third-order valence-corrected chi connectivity index (χ3v) is 6.61. The van der Waals surface area contributed by atoms with Crippen molar-refractivity contribution in [3.05, 3.63) is 48.4 Å². The number of anilines is 1. The van der Waals surface area contributed by atoms with Gasteiger partial charge in [-0.1, -0.05) is 12.1 Å². The van der Waals surface area contributed by atoms with Crippen molar-refractivity contribution in [3.8, 4) is 22.7 Å². The molecule has 184 valence electrons. The van der Waals surface area contributed by atoms with E-state index in [2.05, 4.69) is 38.8 Å². The summed E-state index contributed by atoms with van der Waals surface area (Å²) in [7, 11) is -1.76. The number of sulfonamides is 1. The number of nitrogens with zero attached hydrogens (tertiary/aromatic N) is 5. The molecule has 0 amide bonds. The number of rotatable bonds is 11. The predicted octanol–water partition coefficient (Wildman–Crippen LogP) is 3.48. The fraction of sp³-hybridized carbons (Fsp3) is 0.409. The minimum Gasteiger partial charge on any atom is -0.491 e. The molecule has 34 heavy (non-hydrogen) atoms. The van der Waals surface area contributed by atoms with Crippen molar-refractivity contribution in [2.45, 2.75) is 33.2 Å². The Hall–Kier alpha value is -3.12. The number of hydrogen-bond acceptors (Lipinski definition) is 7. The molecule has 1 aromatic carbocycles. The van der Waals surface area contributed by atoms with Gasteiger partial charge in [0, 0.05) is 24.3 Å². The summed E-state index contributed by atoms with van der Waals surface area (Å²) in [4.78, 5) is 6.28. The molecule has 0 aliphatic carbocycles. The maximum atomic E-state index is 15.0. The van der Waals surface area contributed by atoms with E-state index < -0.39 is 27.3 Å². The van der Waals surface area contributed by atoms with Crippen LogP contribution in [-0.4, -0.2) is 65.3 Å². The monoisotopic (exact) mass is 494 g/mol. The Morgan fingerprint density at radius 1 is 1.24 bits per heavy atom. The highest BCUT2D eigenvalue weighted by Gasteiger charge is 2.21. The average molecular weight is 495 g/mol. The van der Waals surface area contributed by atoms with Gasteiger partial charge < -0.3 is 9.64 Å². The fourth-order valence-corrected chi connectivity index (χ4v) is 4.16. The zero-order valence-corrected chi connectivity index (χ0v) is 20.3. The van der Waals surface area contributed by atoms with Crippen molar-refractivity contribution in [1.82, 2.24) is 24.9 Å². The van der Waals surface area contributed by atoms with E-state index >= 15 is 4.39 Å². The van der Waals surface area contributed by atoms with E-state index in [0.717, 1.165) is 23.4 Å². The van der Waals surface area contributed by atoms with Crippen LogP contribution >= 0.6 is 0 Å². The van der Waals surface area contributed by atoms with Crippen LogP contribution in [0.3, 0.4) is 0 Å². The van der Waals surface area contributed by atoms with Gasteiger partial charge in [0.25, 0.3) is 0 Å². The van der Waals surface area contributed by atoms with Crippen LogP contribution in [0.15, 0.2) is 36.8 Å². The van der Waals surface area contributed by atoms with Gasteiger partial charge in [-0.05, 0) is 45.5 Å². The first kappa shape index (κ1) is 25.5. The second kappa shape index (κ2) is 10.9.